The van der Waals surface area contributed by atoms with E-state index in [1.165, 1.54) is 18.2 Å². The topological polar surface area (TPSA) is 116 Å². The fourth-order valence-electron chi connectivity index (χ4n) is 4.96. The van der Waals surface area contributed by atoms with E-state index in [0.717, 1.165) is 6.07 Å². The van der Waals surface area contributed by atoms with Gasteiger partial charge in [0, 0.05) is 24.0 Å². The number of pyridine rings is 1. The lowest BCUT2D eigenvalue weighted by molar-refractivity contribution is -0.137. The summed E-state index contributed by atoms with van der Waals surface area (Å²) < 4.78 is 70.1. The fourth-order valence-corrected chi connectivity index (χ4v) is 8.87. The number of alkyl halides is 3. The molecule has 2 aliphatic rings. The summed E-state index contributed by atoms with van der Waals surface area (Å²) in [7, 11) is -3.31. The Morgan fingerprint density at radius 2 is 2.00 bits per heavy atom. The van der Waals surface area contributed by atoms with Crippen LogP contribution in [-0.4, -0.2) is 42.8 Å². The molecule has 202 valence electrons. The molecule has 0 saturated carbocycles. The van der Waals surface area contributed by atoms with Gasteiger partial charge in [0.1, 0.15) is 17.2 Å². The summed E-state index contributed by atoms with van der Waals surface area (Å²) in [5.74, 6) is -0.662. The van der Waals surface area contributed by atoms with Crippen LogP contribution in [0, 0.1) is 5.82 Å². The second kappa shape index (κ2) is 9.21. The van der Waals surface area contributed by atoms with Crippen LogP contribution in [0.25, 0.3) is 0 Å². The van der Waals surface area contributed by atoms with Crippen molar-refractivity contribution in [2.75, 3.05) is 11.9 Å². The summed E-state index contributed by atoms with van der Waals surface area (Å²) in [4.78, 5) is 19.9. The van der Waals surface area contributed by atoms with Crippen LogP contribution in [0.2, 0.25) is 5.02 Å². The monoisotopic (exact) mass is 563 g/mol. The predicted octanol–water partition coefficient (Wildman–Crippen LogP) is 4.47. The molecule has 2 aromatic rings. The summed E-state index contributed by atoms with van der Waals surface area (Å²) >= 11 is 5.99. The Labute approximate surface area is 216 Å². The van der Waals surface area contributed by atoms with E-state index in [2.05, 4.69) is 25.3 Å². The van der Waals surface area contributed by atoms with Crippen molar-refractivity contribution < 1.29 is 31.7 Å². The van der Waals surface area contributed by atoms with Crippen molar-refractivity contribution in [3.05, 3.63) is 58.1 Å². The molecule has 2 aliphatic heterocycles. The molecule has 1 fully saturated rings. The van der Waals surface area contributed by atoms with Crippen LogP contribution in [0.4, 0.5) is 28.0 Å². The molecule has 14 heteroatoms. The number of nitrogens with zero attached hydrogens (tertiary/aromatic N) is 2. The maximum absolute atomic E-state index is 15.3. The Morgan fingerprint density at radius 3 is 2.62 bits per heavy atom. The number of nitrogens with one attached hydrogen (secondary N) is 3. The number of halogens is 5. The third kappa shape index (κ3) is 4.68. The van der Waals surface area contributed by atoms with E-state index in [4.69, 9.17) is 11.6 Å². The molecule has 1 aromatic heterocycles. The molecule has 1 saturated heterocycles. The molecule has 0 radical (unpaired) electrons. The maximum Gasteiger partial charge on any atom is 0.417 e. The smallest absolute Gasteiger partial charge is 0.417 e. The van der Waals surface area contributed by atoms with Gasteiger partial charge in [0.2, 0.25) is 0 Å². The van der Waals surface area contributed by atoms with E-state index >= 15 is 4.39 Å². The average molecular weight is 564 g/mol. The highest BCUT2D eigenvalue weighted by molar-refractivity contribution is 8.04. The first kappa shape index (κ1) is 27.3. The molecular weight excluding hydrogens is 538 g/mol. The fraction of sp³-hybridized carbons (Fsp3) is 0.435. The number of benzene rings is 1. The summed E-state index contributed by atoms with van der Waals surface area (Å²) in [5.41, 5.74) is -1.71. The third-order valence-electron chi connectivity index (χ3n) is 7.05. The van der Waals surface area contributed by atoms with Gasteiger partial charge >= 0.3 is 12.3 Å². The van der Waals surface area contributed by atoms with Gasteiger partial charge in [-0.1, -0.05) is 11.6 Å². The molecule has 4 rings (SSSR count). The largest absolute Gasteiger partial charge is 0.465 e. The van der Waals surface area contributed by atoms with Gasteiger partial charge in [-0.2, -0.15) is 13.2 Å². The average Bonchev–Trinajstić information content (AvgIpc) is 3.21. The van der Waals surface area contributed by atoms with Crippen LogP contribution in [-0.2, 0) is 28.4 Å². The molecule has 0 aliphatic carbocycles. The first-order valence-corrected chi connectivity index (χ1v) is 13.5. The second-order valence-electron chi connectivity index (χ2n) is 9.67. The second-order valence-corrected chi connectivity index (χ2v) is 13.4. The lowest BCUT2D eigenvalue weighted by Gasteiger charge is -2.51. The lowest BCUT2D eigenvalue weighted by Crippen LogP contribution is -2.65. The van der Waals surface area contributed by atoms with Crippen LogP contribution < -0.4 is 15.4 Å². The Hall–Kier alpha value is -2.77. The van der Waals surface area contributed by atoms with Crippen LogP contribution in [0.15, 0.2) is 35.5 Å². The predicted molar refractivity (Wildman–Crippen MR) is 134 cm³/mol. The standard InChI is InChI=1S/C23H26ClF4N5O3S/c1-21(2)19(32-20(34)35)33-22(3,18-6-7-31-37(18,21)36)14-9-13(4-5-16(14)25)29-11-17-15(24)8-12(10-30-17)23(26,27)28/h4-5,8-10,18,29,37H,6-7,11H2,1-3H3,(H,31,36)(H,32,33)(H,34,35)/t18-,22+/m0/s1. The van der Waals surface area contributed by atoms with Gasteiger partial charge in [-0.15, -0.1) is 0 Å². The highest BCUT2D eigenvalue weighted by atomic mass is 35.5. The number of carbonyl (C=O) groups is 1. The normalized spacial score (nSPS) is 25.1. The number of thiol groups is 1. The minimum atomic E-state index is -4.58. The van der Waals surface area contributed by atoms with Crippen molar-refractivity contribution in [3.8, 4) is 0 Å². The molecule has 0 spiro atoms. The van der Waals surface area contributed by atoms with Gasteiger partial charge in [0.25, 0.3) is 0 Å². The first-order valence-electron chi connectivity index (χ1n) is 11.3. The zero-order chi connectivity index (χ0) is 27.4. The van der Waals surface area contributed by atoms with E-state index in [9.17, 15) is 27.3 Å². The number of hydrogen-bond donors (Lipinski definition) is 5. The van der Waals surface area contributed by atoms with Crippen molar-refractivity contribution in [2.24, 2.45) is 4.99 Å². The number of anilines is 1. The summed E-state index contributed by atoms with van der Waals surface area (Å²) in [6, 6.07) is 4.87. The van der Waals surface area contributed by atoms with Gasteiger partial charge < -0.3 is 10.4 Å². The van der Waals surface area contributed by atoms with Gasteiger partial charge in [0.15, 0.2) is 0 Å². The molecule has 0 bridgehead atoms. The molecular formula is C23H26ClF4N5O3S. The molecule has 3 heterocycles. The highest BCUT2D eigenvalue weighted by Gasteiger charge is 2.59. The summed E-state index contributed by atoms with van der Waals surface area (Å²) in [6.45, 7) is 5.25. The minimum absolute atomic E-state index is 0.0324. The summed E-state index contributed by atoms with van der Waals surface area (Å²) in [6.07, 6.45) is -4.85. The maximum atomic E-state index is 15.3. The van der Waals surface area contributed by atoms with Crippen LogP contribution in [0.3, 0.4) is 0 Å². The van der Waals surface area contributed by atoms with Gasteiger partial charge in [-0.25, -0.2) is 9.18 Å². The number of carboxylic acid groups (broad SMARTS) is 1. The van der Waals surface area contributed by atoms with E-state index in [0.29, 0.717) is 24.8 Å². The summed E-state index contributed by atoms with van der Waals surface area (Å²) in [5, 5.41) is 13.8. The van der Waals surface area contributed by atoms with E-state index in [1.54, 1.807) is 20.8 Å². The van der Waals surface area contributed by atoms with Crippen molar-refractivity contribution >= 4 is 39.3 Å². The zero-order valence-electron chi connectivity index (χ0n) is 20.1. The number of fused-ring (bicyclic) bond motifs is 1. The number of amidine groups is 1. The molecule has 8 nitrogen and oxygen atoms in total. The molecule has 1 aromatic carbocycles. The Bertz CT molecular complexity index is 1340. The van der Waals surface area contributed by atoms with Gasteiger partial charge in [-0.3, -0.25) is 24.2 Å². The molecule has 4 N–H and O–H groups in total. The van der Waals surface area contributed by atoms with Crippen LogP contribution in [0.5, 0.6) is 0 Å². The first-order chi connectivity index (χ1) is 17.1. The third-order valence-corrected chi connectivity index (χ3v) is 11.6. The Kier molecular flexibility index (Phi) is 6.79. The highest BCUT2D eigenvalue weighted by Crippen LogP contribution is 2.49. The van der Waals surface area contributed by atoms with E-state index in [-0.39, 0.29) is 28.7 Å². The van der Waals surface area contributed by atoms with Crippen molar-refractivity contribution in [3.63, 3.8) is 0 Å². The Morgan fingerprint density at radius 1 is 1.30 bits per heavy atom. The Balaban J connectivity index is 1.71. The molecule has 1 amide bonds. The van der Waals surface area contributed by atoms with Crippen LogP contribution >= 0.6 is 11.6 Å². The van der Waals surface area contributed by atoms with Gasteiger partial charge in [-0.05, 0) is 61.6 Å². The van der Waals surface area contributed by atoms with E-state index in [1.807, 2.05) is 0 Å². The molecule has 37 heavy (non-hydrogen) atoms. The zero-order valence-corrected chi connectivity index (χ0v) is 21.7. The molecule has 0 unspecified atom stereocenters. The number of hydrogen-bond acceptors (Lipinski definition) is 5. The quantitative estimate of drug-likeness (QED) is 0.278. The number of aromatic nitrogens is 1. The number of aliphatic imine (C=N–C) groups is 1. The minimum Gasteiger partial charge on any atom is -0.465 e. The number of amides is 1. The van der Waals surface area contributed by atoms with Crippen LogP contribution in [0.1, 0.15) is 44.0 Å². The van der Waals surface area contributed by atoms with Crippen molar-refractivity contribution in [2.45, 2.75) is 55.4 Å². The lowest BCUT2D eigenvalue weighted by atomic mass is 9.85. The van der Waals surface area contributed by atoms with Gasteiger partial charge in [0.05, 0.1) is 32.8 Å². The van der Waals surface area contributed by atoms with E-state index < -0.39 is 49.3 Å². The van der Waals surface area contributed by atoms with Crippen molar-refractivity contribution in [1.29, 1.82) is 0 Å². The van der Waals surface area contributed by atoms with Crippen molar-refractivity contribution in [1.82, 2.24) is 15.0 Å². The molecule has 2 atom stereocenters. The number of rotatable bonds is 4. The SMILES string of the molecule is CC1(C)C(NC(=O)O)=N[C@](C)(c2cc(NCc3ncc(C(F)(F)F)cc3Cl)ccc2F)[C@@H]2CCN[SH]21=O.